The molecule has 0 atom stereocenters. The molecular formula is C50H32N2. The third-order valence-electron chi connectivity index (χ3n) is 10.9. The molecule has 0 aliphatic rings. The minimum Gasteiger partial charge on any atom is -0.309 e. The summed E-state index contributed by atoms with van der Waals surface area (Å²) < 4.78 is 4.94. The van der Waals surface area contributed by atoms with Crippen LogP contribution in [0.4, 0.5) is 0 Å². The van der Waals surface area contributed by atoms with Gasteiger partial charge in [0.05, 0.1) is 22.1 Å². The van der Waals surface area contributed by atoms with Crippen molar-refractivity contribution < 1.29 is 0 Å². The Morgan fingerprint density at radius 2 is 0.808 bits per heavy atom. The van der Waals surface area contributed by atoms with Gasteiger partial charge >= 0.3 is 0 Å². The van der Waals surface area contributed by atoms with E-state index in [1.54, 1.807) is 0 Å². The fourth-order valence-corrected chi connectivity index (χ4v) is 8.64. The molecule has 0 fully saturated rings. The lowest BCUT2D eigenvalue weighted by molar-refractivity contribution is 1.17. The molecule has 0 radical (unpaired) electrons. The summed E-state index contributed by atoms with van der Waals surface area (Å²) in [5.74, 6) is 0. The Bertz CT molecular complexity index is 3070. The topological polar surface area (TPSA) is 9.86 Å². The van der Waals surface area contributed by atoms with Crippen LogP contribution in [-0.4, -0.2) is 9.13 Å². The Kier molecular flexibility index (Phi) is 6.28. The number of rotatable bonds is 4. The minimum absolute atomic E-state index is 1.14. The van der Waals surface area contributed by atoms with Gasteiger partial charge < -0.3 is 9.13 Å². The van der Waals surface area contributed by atoms with Gasteiger partial charge in [-0.2, -0.15) is 0 Å². The molecule has 0 aliphatic carbocycles. The van der Waals surface area contributed by atoms with Crippen LogP contribution in [0.15, 0.2) is 194 Å². The molecule has 0 saturated heterocycles. The Hall–Kier alpha value is -6.90. The number of aromatic nitrogens is 2. The Morgan fingerprint density at radius 1 is 0.288 bits per heavy atom. The summed E-state index contributed by atoms with van der Waals surface area (Å²) in [6, 6.07) is 71.1. The Labute approximate surface area is 301 Å². The van der Waals surface area contributed by atoms with Crippen molar-refractivity contribution in [3.8, 4) is 33.6 Å². The zero-order chi connectivity index (χ0) is 34.2. The first-order valence-electron chi connectivity index (χ1n) is 17.9. The summed E-state index contributed by atoms with van der Waals surface area (Å²) in [5, 5.41) is 10.0. The second kappa shape index (κ2) is 11.3. The second-order valence-electron chi connectivity index (χ2n) is 13.7. The molecule has 11 aromatic rings. The van der Waals surface area contributed by atoms with Crippen molar-refractivity contribution >= 4 is 65.2 Å². The van der Waals surface area contributed by atoms with E-state index >= 15 is 0 Å². The van der Waals surface area contributed by atoms with Gasteiger partial charge in [0.2, 0.25) is 0 Å². The van der Waals surface area contributed by atoms with Gasteiger partial charge in [-0.25, -0.2) is 0 Å². The van der Waals surface area contributed by atoms with Gasteiger partial charge in [-0.1, -0.05) is 146 Å². The van der Waals surface area contributed by atoms with E-state index in [1.807, 2.05) is 0 Å². The smallest absolute Gasteiger partial charge is 0.0641 e. The quantitative estimate of drug-likeness (QED) is 0.178. The zero-order valence-corrected chi connectivity index (χ0v) is 28.4. The van der Waals surface area contributed by atoms with Crippen LogP contribution in [0.5, 0.6) is 0 Å². The monoisotopic (exact) mass is 660 g/mol. The summed E-state index contributed by atoms with van der Waals surface area (Å²) in [6.45, 7) is 0. The zero-order valence-electron chi connectivity index (χ0n) is 28.4. The number of fused-ring (bicyclic) bond motifs is 9. The summed E-state index contributed by atoms with van der Waals surface area (Å²) in [4.78, 5) is 0. The van der Waals surface area contributed by atoms with Crippen molar-refractivity contribution in [2.45, 2.75) is 0 Å². The first-order chi connectivity index (χ1) is 25.8. The standard InChI is InChI=1S/C50H32N2/c1-2-18-37(19-3-1)52-46-26-10-8-22-43(46)44-28-29-48-49(50(44)52)45-23-9-11-27-47(45)51(48)38-31-35(41-24-12-16-33-14-4-6-20-39(33)41)30-36(32-38)42-25-13-17-34-15-5-7-21-40(34)42/h1-32H. The van der Waals surface area contributed by atoms with Crippen molar-refractivity contribution in [3.63, 3.8) is 0 Å². The van der Waals surface area contributed by atoms with Gasteiger partial charge in [0.1, 0.15) is 0 Å². The fourth-order valence-electron chi connectivity index (χ4n) is 8.64. The van der Waals surface area contributed by atoms with Crippen molar-refractivity contribution in [3.05, 3.63) is 194 Å². The number of hydrogen-bond acceptors (Lipinski definition) is 0. The van der Waals surface area contributed by atoms with E-state index in [-0.39, 0.29) is 0 Å². The lowest BCUT2D eigenvalue weighted by Crippen LogP contribution is -1.97. The number of benzene rings is 9. The van der Waals surface area contributed by atoms with Crippen LogP contribution in [0.25, 0.3) is 98.8 Å². The maximum atomic E-state index is 2.49. The summed E-state index contributed by atoms with van der Waals surface area (Å²) in [5.41, 5.74) is 12.0. The maximum absolute atomic E-state index is 2.49. The lowest BCUT2D eigenvalue weighted by Gasteiger charge is -2.16. The molecule has 242 valence electrons. The van der Waals surface area contributed by atoms with Crippen LogP contribution in [0.1, 0.15) is 0 Å². The van der Waals surface area contributed by atoms with Crippen LogP contribution >= 0.6 is 0 Å². The molecule has 2 nitrogen and oxygen atoms in total. The minimum atomic E-state index is 1.14. The summed E-state index contributed by atoms with van der Waals surface area (Å²) >= 11 is 0. The molecule has 0 aliphatic heterocycles. The van der Waals surface area contributed by atoms with Gasteiger partial charge in [0, 0.05) is 32.9 Å². The molecule has 0 unspecified atom stereocenters. The normalized spacial score (nSPS) is 11.8. The molecule has 52 heavy (non-hydrogen) atoms. The SMILES string of the molecule is c1ccc(-n2c3ccccc3c3ccc4c(c5ccccc5n4-c4cc(-c5cccc6ccccc56)cc(-c5cccc6ccccc56)c4)c32)cc1. The molecule has 0 N–H and O–H groups in total. The summed E-state index contributed by atoms with van der Waals surface area (Å²) in [7, 11) is 0. The Balaban J connectivity index is 1.28. The lowest BCUT2D eigenvalue weighted by atomic mass is 9.92. The van der Waals surface area contributed by atoms with Crippen LogP contribution in [0, 0.1) is 0 Å². The molecular weight excluding hydrogens is 629 g/mol. The number of nitrogens with zero attached hydrogens (tertiary/aromatic N) is 2. The van der Waals surface area contributed by atoms with E-state index in [1.165, 1.54) is 87.4 Å². The predicted octanol–water partition coefficient (Wildman–Crippen LogP) is 13.5. The second-order valence-corrected chi connectivity index (χ2v) is 13.7. The van der Waals surface area contributed by atoms with E-state index in [4.69, 9.17) is 0 Å². The first-order valence-corrected chi connectivity index (χ1v) is 17.9. The molecule has 11 rings (SSSR count). The predicted molar refractivity (Wildman–Crippen MR) is 221 cm³/mol. The van der Waals surface area contributed by atoms with Crippen LogP contribution in [0.2, 0.25) is 0 Å². The van der Waals surface area contributed by atoms with Gasteiger partial charge in [0.15, 0.2) is 0 Å². The van der Waals surface area contributed by atoms with E-state index in [9.17, 15) is 0 Å². The van der Waals surface area contributed by atoms with E-state index in [2.05, 4.69) is 203 Å². The van der Waals surface area contributed by atoms with E-state index in [0.29, 0.717) is 0 Å². The highest BCUT2D eigenvalue weighted by atomic mass is 15.0. The molecule has 0 amide bonds. The largest absolute Gasteiger partial charge is 0.309 e. The van der Waals surface area contributed by atoms with Gasteiger partial charge in [-0.15, -0.1) is 0 Å². The number of hydrogen-bond donors (Lipinski definition) is 0. The average molecular weight is 661 g/mol. The molecule has 9 aromatic carbocycles. The highest BCUT2D eigenvalue weighted by molar-refractivity contribution is 6.26. The molecule has 2 heterocycles. The number of para-hydroxylation sites is 3. The van der Waals surface area contributed by atoms with Crippen molar-refractivity contribution in [2.24, 2.45) is 0 Å². The highest BCUT2D eigenvalue weighted by Gasteiger charge is 2.21. The maximum Gasteiger partial charge on any atom is 0.0641 e. The van der Waals surface area contributed by atoms with Crippen molar-refractivity contribution in [2.75, 3.05) is 0 Å². The van der Waals surface area contributed by atoms with Gasteiger partial charge in [-0.05, 0) is 92.3 Å². The average Bonchev–Trinajstić information content (AvgIpc) is 3.73. The van der Waals surface area contributed by atoms with E-state index < -0.39 is 0 Å². The molecule has 0 saturated carbocycles. The van der Waals surface area contributed by atoms with Crippen molar-refractivity contribution in [1.29, 1.82) is 0 Å². The van der Waals surface area contributed by atoms with Gasteiger partial charge in [-0.3, -0.25) is 0 Å². The molecule has 2 heteroatoms. The fraction of sp³-hybridized carbons (Fsp3) is 0. The third-order valence-corrected chi connectivity index (χ3v) is 10.9. The first kappa shape index (κ1) is 28.9. The van der Waals surface area contributed by atoms with Crippen LogP contribution < -0.4 is 0 Å². The van der Waals surface area contributed by atoms with Gasteiger partial charge in [0.25, 0.3) is 0 Å². The molecule has 0 spiro atoms. The van der Waals surface area contributed by atoms with Crippen LogP contribution in [-0.2, 0) is 0 Å². The summed E-state index contributed by atoms with van der Waals surface area (Å²) in [6.07, 6.45) is 0. The molecule has 0 bridgehead atoms. The highest BCUT2D eigenvalue weighted by Crippen LogP contribution is 2.43. The van der Waals surface area contributed by atoms with Crippen molar-refractivity contribution in [1.82, 2.24) is 9.13 Å². The third kappa shape index (κ3) is 4.25. The Morgan fingerprint density at radius 3 is 1.46 bits per heavy atom. The van der Waals surface area contributed by atoms with Crippen LogP contribution in [0.3, 0.4) is 0 Å². The molecule has 2 aromatic heterocycles. The van der Waals surface area contributed by atoms with E-state index in [0.717, 1.165) is 11.4 Å².